The molecule has 0 spiro atoms. The van der Waals surface area contributed by atoms with E-state index in [1.165, 1.54) is 18.5 Å². The SMILES string of the molecule is C[C@@H]1CN(c2cc(F)c(C3=CCCN(c4ccnc(C#N)n4)C3)cc2NC(=O)c2c[nH]c(=O)cc2CF)C[C@H](C)N1C. The molecular formula is C30H32F2N8O2. The summed E-state index contributed by atoms with van der Waals surface area (Å²) < 4.78 is 29.7. The lowest BCUT2D eigenvalue weighted by atomic mass is 9.98. The second-order valence-corrected chi connectivity index (χ2v) is 10.7. The van der Waals surface area contributed by atoms with Gasteiger partial charge in [0.1, 0.15) is 24.4 Å². The number of rotatable bonds is 6. The topological polar surface area (TPSA) is 121 Å². The zero-order chi connectivity index (χ0) is 30.0. The van der Waals surface area contributed by atoms with Gasteiger partial charge >= 0.3 is 0 Å². The van der Waals surface area contributed by atoms with Gasteiger partial charge in [-0.2, -0.15) is 5.26 Å². The largest absolute Gasteiger partial charge is 0.367 e. The zero-order valence-electron chi connectivity index (χ0n) is 23.7. The third kappa shape index (κ3) is 5.87. The summed E-state index contributed by atoms with van der Waals surface area (Å²) in [5.74, 6) is -0.439. The van der Waals surface area contributed by atoms with Gasteiger partial charge in [0.25, 0.3) is 5.91 Å². The number of pyridine rings is 1. The van der Waals surface area contributed by atoms with Crippen molar-refractivity contribution in [1.29, 1.82) is 5.26 Å². The number of carbonyl (C=O) groups is 1. The molecule has 0 unspecified atom stereocenters. The molecule has 2 aliphatic rings. The molecule has 1 aromatic carbocycles. The number of benzene rings is 1. The van der Waals surface area contributed by atoms with Crippen molar-refractivity contribution in [1.82, 2.24) is 19.9 Å². The summed E-state index contributed by atoms with van der Waals surface area (Å²) in [5.41, 5.74) is 1.36. The number of likely N-dealkylation sites (N-methyl/N-ethyl adjacent to an activating group) is 1. The average Bonchev–Trinajstić information content (AvgIpc) is 3.00. The summed E-state index contributed by atoms with van der Waals surface area (Å²) in [6.45, 7) is 5.38. The maximum absolute atomic E-state index is 15.9. The van der Waals surface area contributed by atoms with Crippen LogP contribution in [-0.4, -0.2) is 71.1 Å². The number of nitriles is 1. The molecule has 2 atom stereocenters. The molecule has 12 heteroatoms. The third-order valence-electron chi connectivity index (χ3n) is 7.99. The number of amides is 1. The Hall–Kier alpha value is -4.63. The van der Waals surface area contributed by atoms with Crippen molar-refractivity contribution in [3.63, 3.8) is 0 Å². The summed E-state index contributed by atoms with van der Waals surface area (Å²) in [5, 5.41) is 12.1. The van der Waals surface area contributed by atoms with E-state index >= 15 is 4.39 Å². The Morgan fingerprint density at radius 2 is 1.98 bits per heavy atom. The minimum absolute atomic E-state index is 0.00541. The van der Waals surface area contributed by atoms with Crippen LogP contribution in [0.1, 0.15) is 47.6 Å². The molecule has 5 rings (SSSR count). The highest BCUT2D eigenvalue weighted by Crippen LogP contribution is 2.36. The smallest absolute Gasteiger partial charge is 0.257 e. The van der Waals surface area contributed by atoms with Gasteiger partial charge in [-0.1, -0.05) is 6.08 Å². The molecule has 42 heavy (non-hydrogen) atoms. The van der Waals surface area contributed by atoms with E-state index in [2.05, 4.69) is 39.0 Å². The van der Waals surface area contributed by atoms with Crippen LogP contribution in [0.15, 0.2) is 47.5 Å². The van der Waals surface area contributed by atoms with Crippen LogP contribution in [0.2, 0.25) is 0 Å². The fraction of sp³-hybridized carbons (Fsp3) is 0.367. The minimum atomic E-state index is -0.985. The zero-order valence-corrected chi connectivity index (χ0v) is 23.7. The predicted octanol–water partition coefficient (Wildman–Crippen LogP) is 3.72. The van der Waals surface area contributed by atoms with Gasteiger partial charge < -0.3 is 20.1 Å². The first-order valence-electron chi connectivity index (χ1n) is 13.7. The van der Waals surface area contributed by atoms with E-state index in [9.17, 15) is 19.2 Å². The van der Waals surface area contributed by atoms with E-state index in [1.54, 1.807) is 12.1 Å². The number of hydrogen-bond donors (Lipinski definition) is 2. The van der Waals surface area contributed by atoms with Crippen LogP contribution in [0, 0.1) is 17.1 Å². The van der Waals surface area contributed by atoms with Crippen LogP contribution in [0.25, 0.3) is 5.57 Å². The lowest BCUT2D eigenvalue weighted by Crippen LogP contribution is -2.55. The molecular weight excluding hydrogens is 542 g/mol. The third-order valence-corrected chi connectivity index (χ3v) is 7.99. The van der Waals surface area contributed by atoms with Crippen LogP contribution in [0.5, 0.6) is 0 Å². The van der Waals surface area contributed by atoms with Crippen molar-refractivity contribution >= 4 is 28.7 Å². The molecule has 0 bridgehead atoms. The van der Waals surface area contributed by atoms with Crippen LogP contribution >= 0.6 is 0 Å². The van der Waals surface area contributed by atoms with Gasteiger partial charge in [-0.15, -0.1) is 0 Å². The first-order chi connectivity index (χ1) is 20.2. The molecule has 0 aliphatic carbocycles. The molecule has 218 valence electrons. The molecule has 4 heterocycles. The number of halogens is 2. The van der Waals surface area contributed by atoms with Crippen LogP contribution in [0.3, 0.4) is 0 Å². The van der Waals surface area contributed by atoms with Gasteiger partial charge in [0.2, 0.25) is 11.4 Å². The Labute approximate surface area is 242 Å². The van der Waals surface area contributed by atoms with E-state index in [0.717, 1.165) is 6.07 Å². The maximum Gasteiger partial charge on any atom is 0.257 e. The number of nitrogens with zero attached hydrogens (tertiary/aromatic N) is 6. The van der Waals surface area contributed by atoms with E-state index in [-0.39, 0.29) is 29.0 Å². The number of alkyl halides is 1. The second-order valence-electron chi connectivity index (χ2n) is 10.7. The summed E-state index contributed by atoms with van der Waals surface area (Å²) in [7, 11) is 2.05. The number of aromatic nitrogens is 3. The number of H-pyrrole nitrogens is 1. The summed E-state index contributed by atoms with van der Waals surface area (Å²) in [4.78, 5) is 42.0. The van der Waals surface area contributed by atoms with Gasteiger partial charge in [-0.25, -0.2) is 18.7 Å². The standard InChI is InChI=1S/C30H32F2N8O2/c1-18-15-40(16-19(2)38(18)3)26-11-24(32)22(10-25(26)36-30(42)23-14-35-29(41)9-21(23)12-31)20-5-4-8-39(17-20)28-6-7-34-27(13-33)37-28/h5-7,9-11,14,18-19H,4,8,12,15-17H2,1-3H3,(H,35,41)(H,36,42)/t18-,19+. The van der Waals surface area contributed by atoms with Crippen LogP contribution < -0.4 is 20.7 Å². The number of nitrogens with one attached hydrogen (secondary N) is 2. The van der Waals surface area contributed by atoms with Gasteiger partial charge in [0, 0.05) is 67.8 Å². The first-order valence-corrected chi connectivity index (χ1v) is 13.7. The molecule has 2 N–H and O–H groups in total. The Morgan fingerprint density at radius 3 is 2.69 bits per heavy atom. The Balaban J connectivity index is 1.53. The highest BCUT2D eigenvalue weighted by molar-refractivity contribution is 6.07. The first kappa shape index (κ1) is 28.9. The van der Waals surface area contributed by atoms with Crippen molar-refractivity contribution in [3.05, 3.63) is 81.4 Å². The maximum atomic E-state index is 15.9. The van der Waals surface area contributed by atoms with E-state index < -0.39 is 24.0 Å². The lowest BCUT2D eigenvalue weighted by molar-refractivity contribution is 0.102. The Bertz CT molecular complexity index is 1620. The van der Waals surface area contributed by atoms with Crippen molar-refractivity contribution < 1.29 is 13.6 Å². The molecule has 10 nitrogen and oxygen atoms in total. The summed E-state index contributed by atoms with van der Waals surface area (Å²) in [6.07, 6.45) is 5.28. The molecule has 0 radical (unpaired) electrons. The predicted molar refractivity (Wildman–Crippen MR) is 157 cm³/mol. The number of anilines is 3. The quantitative estimate of drug-likeness (QED) is 0.457. The molecule has 1 amide bonds. The van der Waals surface area contributed by atoms with Crippen molar-refractivity contribution in [2.45, 2.75) is 39.0 Å². The minimum Gasteiger partial charge on any atom is -0.367 e. The Kier molecular flexibility index (Phi) is 8.31. The number of carbonyl (C=O) groups excluding carboxylic acids is 1. The molecule has 3 aromatic rings. The normalized spacial score (nSPS) is 19.3. The monoisotopic (exact) mass is 574 g/mol. The van der Waals surface area contributed by atoms with Gasteiger partial charge in [-0.3, -0.25) is 14.5 Å². The molecule has 2 aliphatic heterocycles. The van der Waals surface area contributed by atoms with E-state index in [0.29, 0.717) is 60.9 Å². The highest BCUT2D eigenvalue weighted by Gasteiger charge is 2.30. The molecule has 1 fully saturated rings. The van der Waals surface area contributed by atoms with Crippen molar-refractivity contribution in [3.8, 4) is 6.07 Å². The summed E-state index contributed by atoms with van der Waals surface area (Å²) in [6, 6.07) is 8.12. The van der Waals surface area contributed by atoms with Crippen molar-refractivity contribution in [2.24, 2.45) is 0 Å². The average molecular weight is 575 g/mol. The molecule has 1 saturated heterocycles. The summed E-state index contributed by atoms with van der Waals surface area (Å²) >= 11 is 0. The van der Waals surface area contributed by atoms with E-state index in [4.69, 9.17) is 0 Å². The van der Waals surface area contributed by atoms with Gasteiger partial charge in [-0.05, 0) is 51.1 Å². The van der Waals surface area contributed by atoms with Crippen molar-refractivity contribution in [2.75, 3.05) is 48.3 Å². The Morgan fingerprint density at radius 1 is 1.21 bits per heavy atom. The van der Waals surface area contributed by atoms with Crippen LogP contribution in [-0.2, 0) is 6.67 Å². The highest BCUT2D eigenvalue weighted by atomic mass is 19.1. The number of hydrogen-bond acceptors (Lipinski definition) is 8. The second kappa shape index (κ2) is 12.1. The fourth-order valence-corrected chi connectivity index (χ4v) is 5.51. The van der Waals surface area contributed by atoms with Gasteiger partial charge in [0.15, 0.2) is 0 Å². The molecule has 0 saturated carbocycles. The lowest BCUT2D eigenvalue weighted by Gasteiger charge is -2.44. The van der Waals surface area contributed by atoms with Gasteiger partial charge in [0.05, 0.1) is 16.9 Å². The number of piperazine rings is 1. The van der Waals surface area contributed by atoms with E-state index in [1.807, 2.05) is 29.0 Å². The van der Waals surface area contributed by atoms with Crippen LogP contribution in [0.4, 0.5) is 26.0 Å². The fourth-order valence-electron chi connectivity index (χ4n) is 5.51. The molecule has 2 aromatic heterocycles. The number of aromatic amines is 1.